The summed E-state index contributed by atoms with van der Waals surface area (Å²) in [7, 11) is 0. The van der Waals surface area contributed by atoms with Gasteiger partial charge in [0.05, 0.1) is 0 Å². The molecule has 1 saturated heterocycles. The quantitative estimate of drug-likeness (QED) is 0.869. The summed E-state index contributed by atoms with van der Waals surface area (Å²) in [6, 6.07) is 12.5. The minimum atomic E-state index is 0.656. The topological polar surface area (TPSA) is 42.1 Å². The van der Waals surface area contributed by atoms with Gasteiger partial charge in [-0.3, -0.25) is 9.88 Å². The van der Waals surface area contributed by atoms with Crippen LogP contribution in [-0.2, 0) is 6.54 Å². The Morgan fingerprint density at radius 3 is 2.70 bits per heavy atom. The number of benzene rings is 1. The number of likely N-dealkylation sites (tertiary alicyclic amines) is 1. The van der Waals surface area contributed by atoms with Crippen molar-refractivity contribution in [3.63, 3.8) is 0 Å². The molecule has 104 valence electrons. The number of hydrogen-bond donors (Lipinski definition) is 1. The third-order valence-electron chi connectivity index (χ3n) is 4.10. The molecule has 0 radical (unpaired) electrons. The molecular weight excluding hydrogens is 246 g/mol. The number of piperidine rings is 1. The fraction of sp³-hybridized carbons (Fsp3) is 0.353. The maximum absolute atomic E-state index is 5.88. The van der Waals surface area contributed by atoms with Crippen molar-refractivity contribution in [2.45, 2.75) is 25.3 Å². The first kappa shape index (κ1) is 13.1. The van der Waals surface area contributed by atoms with E-state index in [4.69, 9.17) is 5.73 Å². The molecule has 3 heteroatoms. The van der Waals surface area contributed by atoms with E-state index in [9.17, 15) is 0 Å². The van der Waals surface area contributed by atoms with E-state index in [2.05, 4.69) is 34.1 Å². The van der Waals surface area contributed by atoms with E-state index in [-0.39, 0.29) is 0 Å². The van der Waals surface area contributed by atoms with Crippen LogP contribution in [0.5, 0.6) is 0 Å². The van der Waals surface area contributed by atoms with E-state index >= 15 is 0 Å². The molecule has 0 bridgehead atoms. The maximum atomic E-state index is 5.88. The molecule has 1 aromatic carbocycles. The normalized spacial score (nSPS) is 17.2. The van der Waals surface area contributed by atoms with Crippen LogP contribution in [0.4, 0.5) is 5.69 Å². The molecule has 2 aromatic rings. The van der Waals surface area contributed by atoms with Gasteiger partial charge >= 0.3 is 0 Å². The highest BCUT2D eigenvalue weighted by Gasteiger charge is 2.20. The number of nitrogens with two attached hydrogens (primary N) is 1. The maximum Gasteiger partial charge on any atom is 0.0316 e. The molecule has 1 fully saturated rings. The van der Waals surface area contributed by atoms with Gasteiger partial charge in [-0.05, 0) is 61.2 Å². The Morgan fingerprint density at radius 2 is 2.00 bits per heavy atom. The van der Waals surface area contributed by atoms with E-state index in [1.54, 1.807) is 0 Å². The molecule has 20 heavy (non-hydrogen) atoms. The molecule has 3 rings (SSSR count). The zero-order chi connectivity index (χ0) is 13.8. The van der Waals surface area contributed by atoms with Gasteiger partial charge in [0.15, 0.2) is 0 Å². The predicted molar refractivity (Wildman–Crippen MR) is 82.3 cm³/mol. The summed E-state index contributed by atoms with van der Waals surface area (Å²) in [4.78, 5) is 6.70. The van der Waals surface area contributed by atoms with Gasteiger partial charge in [0.1, 0.15) is 0 Å². The summed E-state index contributed by atoms with van der Waals surface area (Å²) in [5.74, 6) is 0.656. The molecule has 2 N–H and O–H groups in total. The summed E-state index contributed by atoms with van der Waals surface area (Å²) >= 11 is 0. The fourth-order valence-corrected chi connectivity index (χ4v) is 2.99. The molecular formula is C17H21N3. The van der Waals surface area contributed by atoms with Gasteiger partial charge < -0.3 is 5.73 Å². The largest absolute Gasteiger partial charge is 0.399 e. The van der Waals surface area contributed by atoms with Gasteiger partial charge in [0.2, 0.25) is 0 Å². The smallest absolute Gasteiger partial charge is 0.0316 e. The Kier molecular flexibility index (Phi) is 3.97. The lowest BCUT2D eigenvalue weighted by Gasteiger charge is -2.32. The van der Waals surface area contributed by atoms with E-state index in [1.165, 1.54) is 24.0 Å². The van der Waals surface area contributed by atoms with Gasteiger partial charge in [-0.25, -0.2) is 0 Å². The van der Waals surface area contributed by atoms with Gasteiger partial charge in [-0.1, -0.05) is 18.2 Å². The van der Waals surface area contributed by atoms with Crippen molar-refractivity contribution < 1.29 is 0 Å². The average Bonchev–Trinajstić information content (AvgIpc) is 2.49. The molecule has 0 unspecified atom stereocenters. The number of hydrogen-bond acceptors (Lipinski definition) is 3. The Labute approximate surface area is 120 Å². The van der Waals surface area contributed by atoms with Crippen LogP contribution in [0.3, 0.4) is 0 Å². The van der Waals surface area contributed by atoms with Gasteiger partial charge in [0, 0.05) is 24.6 Å². The van der Waals surface area contributed by atoms with Crippen LogP contribution in [0.15, 0.2) is 48.8 Å². The molecule has 0 amide bonds. The lowest BCUT2D eigenvalue weighted by Crippen LogP contribution is -2.32. The minimum Gasteiger partial charge on any atom is -0.399 e. The minimum absolute atomic E-state index is 0.656. The average molecular weight is 267 g/mol. The van der Waals surface area contributed by atoms with Gasteiger partial charge in [-0.2, -0.15) is 0 Å². The van der Waals surface area contributed by atoms with Crippen LogP contribution >= 0.6 is 0 Å². The monoisotopic (exact) mass is 267 g/mol. The summed E-state index contributed by atoms with van der Waals surface area (Å²) in [5, 5.41) is 0. The molecule has 2 heterocycles. The SMILES string of the molecule is Nc1cccc(C2CCN(Cc3cccnc3)CC2)c1. The Balaban J connectivity index is 1.57. The lowest BCUT2D eigenvalue weighted by molar-refractivity contribution is 0.204. The van der Waals surface area contributed by atoms with E-state index in [0.29, 0.717) is 5.92 Å². The number of aromatic nitrogens is 1. The van der Waals surface area contributed by atoms with Crippen LogP contribution in [0.2, 0.25) is 0 Å². The van der Waals surface area contributed by atoms with Crippen molar-refractivity contribution in [3.8, 4) is 0 Å². The standard InChI is InChI=1S/C17H21N3/c18-17-5-1-4-16(11-17)15-6-9-20(10-7-15)13-14-3-2-8-19-12-14/h1-5,8,11-12,15H,6-7,9-10,13,18H2. The molecule has 3 nitrogen and oxygen atoms in total. The summed E-state index contributed by atoms with van der Waals surface area (Å²) < 4.78 is 0. The second-order valence-corrected chi connectivity index (χ2v) is 5.58. The van der Waals surface area contributed by atoms with Crippen molar-refractivity contribution in [1.82, 2.24) is 9.88 Å². The van der Waals surface area contributed by atoms with Crippen LogP contribution in [0.1, 0.15) is 29.9 Å². The number of anilines is 1. The van der Waals surface area contributed by atoms with Crippen LogP contribution < -0.4 is 5.73 Å². The molecule has 0 spiro atoms. The zero-order valence-corrected chi connectivity index (χ0v) is 11.7. The van der Waals surface area contributed by atoms with Crippen molar-refractivity contribution in [3.05, 3.63) is 59.9 Å². The third kappa shape index (κ3) is 3.17. The molecule has 1 aliphatic heterocycles. The summed E-state index contributed by atoms with van der Waals surface area (Å²) in [6.45, 7) is 3.31. The molecule has 1 aromatic heterocycles. The third-order valence-corrected chi connectivity index (χ3v) is 4.10. The fourth-order valence-electron chi connectivity index (χ4n) is 2.99. The van der Waals surface area contributed by atoms with Crippen LogP contribution in [0, 0.1) is 0 Å². The van der Waals surface area contributed by atoms with Crippen LogP contribution in [-0.4, -0.2) is 23.0 Å². The Hall–Kier alpha value is -1.87. The second kappa shape index (κ2) is 6.06. The van der Waals surface area contributed by atoms with Crippen molar-refractivity contribution in [2.24, 2.45) is 0 Å². The van der Waals surface area contributed by atoms with Crippen LogP contribution in [0.25, 0.3) is 0 Å². The molecule has 0 aliphatic carbocycles. The molecule has 1 aliphatic rings. The number of rotatable bonds is 3. The molecule has 0 atom stereocenters. The first-order chi connectivity index (χ1) is 9.81. The number of pyridine rings is 1. The lowest BCUT2D eigenvalue weighted by atomic mass is 9.89. The number of nitrogen functional groups attached to an aromatic ring is 1. The first-order valence-electron chi connectivity index (χ1n) is 7.28. The predicted octanol–water partition coefficient (Wildman–Crippen LogP) is 3.04. The highest BCUT2D eigenvalue weighted by molar-refractivity contribution is 5.41. The second-order valence-electron chi connectivity index (χ2n) is 5.58. The van der Waals surface area contributed by atoms with E-state index in [1.807, 2.05) is 24.5 Å². The van der Waals surface area contributed by atoms with Crippen molar-refractivity contribution in [2.75, 3.05) is 18.8 Å². The highest BCUT2D eigenvalue weighted by atomic mass is 15.1. The Morgan fingerprint density at radius 1 is 1.15 bits per heavy atom. The zero-order valence-electron chi connectivity index (χ0n) is 11.7. The van der Waals surface area contributed by atoms with Crippen molar-refractivity contribution in [1.29, 1.82) is 0 Å². The van der Waals surface area contributed by atoms with Gasteiger partial charge in [-0.15, -0.1) is 0 Å². The van der Waals surface area contributed by atoms with E-state index in [0.717, 1.165) is 25.3 Å². The van der Waals surface area contributed by atoms with E-state index < -0.39 is 0 Å². The van der Waals surface area contributed by atoms with Crippen molar-refractivity contribution >= 4 is 5.69 Å². The summed E-state index contributed by atoms with van der Waals surface area (Å²) in [5.41, 5.74) is 9.45. The molecule has 0 saturated carbocycles. The summed E-state index contributed by atoms with van der Waals surface area (Å²) in [6.07, 6.45) is 6.22. The highest BCUT2D eigenvalue weighted by Crippen LogP contribution is 2.29. The first-order valence-corrected chi connectivity index (χ1v) is 7.28. The number of nitrogens with zero attached hydrogens (tertiary/aromatic N) is 2. The Bertz CT molecular complexity index is 545. The van der Waals surface area contributed by atoms with Gasteiger partial charge in [0.25, 0.3) is 0 Å².